The molecule has 0 heterocycles. The smallest absolute Gasteiger partial charge is 0.306 e. The van der Waals surface area contributed by atoms with Crippen molar-refractivity contribution in [3.8, 4) is 0 Å². The Hall–Kier alpha value is -0.790. The highest BCUT2D eigenvalue weighted by molar-refractivity contribution is 5.69. The van der Waals surface area contributed by atoms with E-state index >= 15 is 0 Å². The van der Waals surface area contributed by atoms with Crippen LogP contribution in [-0.4, -0.2) is 12.1 Å². The molecule has 5 aliphatic carbocycles. The van der Waals surface area contributed by atoms with Gasteiger partial charge >= 0.3 is 5.97 Å². The zero-order valence-corrected chi connectivity index (χ0v) is 40.5. The SMILES string of the molecule is C=C(C)C1CCC2(C)CCC3(C)C(CCC4C5(C)CCC(OC(=O)CCCCCCCCCCCCCCCCCCCCCCCCC)C(C)(C)C5CCC43C)C12. The Bertz CT molecular complexity index is 1250. The third-order valence-corrected chi connectivity index (χ3v) is 19.7. The Kier molecular flexibility index (Phi) is 18.3. The molecule has 10 atom stereocenters. The van der Waals surface area contributed by atoms with E-state index < -0.39 is 0 Å². The number of fused-ring (bicyclic) bond motifs is 7. The van der Waals surface area contributed by atoms with Crippen molar-refractivity contribution in [2.45, 2.75) is 280 Å². The molecule has 5 saturated carbocycles. The highest BCUT2D eigenvalue weighted by atomic mass is 16.5. The predicted octanol–water partition coefficient (Wildman–Crippen LogP) is 18.0. The lowest BCUT2D eigenvalue weighted by Crippen LogP contribution is -2.66. The summed E-state index contributed by atoms with van der Waals surface area (Å²) in [6.07, 6.45) is 46.2. The van der Waals surface area contributed by atoms with E-state index in [1.54, 1.807) is 0 Å². The zero-order valence-electron chi connectivity index (χ0n) is 40.5. The lowest BCUT2D eigenvalue weighted by Gasteiger charge is -2.73. The van der Waals surface area contributed by atoms with Gasteiger partial charge in [-0.3, -0.25) is 4.79 Å². The van der Waals surface area contributed by atoms with Crippen LogP contribution in [0.1, 0.15) is 274 Å². The minimum absolute atomic E-state index is 0.0375. The van der Waals surface area contributed by atoms with Gasteiger partial charge in [0.1, 0.15) is 6.10 Å². The number of hydrogen-bond donors (Lipinski definition) is 0. The van der Waals surface area contributed by atoms with Crippen LogP contribution in [-0.2, 0) is 9.53 Å². The van der Waals surface area contributed by atoms with Gasteiger partial charge in [0.2, 0.25) is 0 Å². The molecule has 336 valence electrons. The zero-order chi connectivity index (χ0) is 41.9. The van der Waals surface area contributed by atoms with Crippen LogP contribution in [0.5, 0.6) is 0 Å². The number of hydrogen-bond acceptors (Lipinski definition) is 2. The fraction of sp³-hybridized carbons (Fsp3) is 0.946. The van der Waals surface area contributed by atoms with Gasteiger partial charge in [0.25, 0.3) is 0 Å². The second-order valence-electron chi connectivity index (χ2n) is 23.7. The van der Waals surface area contributed by atoms with Crippen molar-refractivity contribution in [3.05, 3.63) is 12.2 Å². The quantitative estimate of drug-likeness (QED) is 0.0494. The van der Waals surface area contributed by atoms with Gasteiger partial charge in [-0.05, 0) is 129 Å². The lowest BCUT2D eigenvalue weighted by atomic mass is 9.32. The summed E-state index contributed by atoms with van der Waals surface area (Å²) in [6, 6.07) is 0. The van der Waals surface area contributed by atoms with Crippen molar-refractivity contribution in [3.63, 3.8) is 0 Å². The van der Waals surface area contributed by atoms with Crippen molar-refractivity contribution in [2.24, 2.45) is 56.7 Å². The predicted molar refractivity (Wildman–Crippen MR) is 251 cm³/mol. The summed E-state index contributed by atoms with van der Waals surface area (Å²) in [7, 11) is 0. The molecule has 0 bridgehead atoms. The third kappa shape index (κ3) is 11.0. The first kappa shape index (κ1) is 48.2. The van der Waals surface area contributed by atoms with Crippen LogP contribution in [0.25, 0.3) is 0 Å². The van der Waals surface area contributed by atoms with Crippen molar-refractivity contribution in [1.82, 2.24) is 0 Å². The molecule has 0 N–H and O–H groups in total. The molecule has 2 nitrogen and oxygen atoms in total. The van der Waals surface area contributed by atoms with E-state index in [1.807, 2.05) is 0 Å². The van der Waals surface area contributed by atoms with E-state index in [-0.39, 0.29) is 17.5 Å². The van der Waals surface area contributed by atoms with Crippen molar-refractivity contribution >= 4 is 5.97 Å². The van der Waals surface area contributed by atoms with Gasteiger partial charge in [-0.25, -0.2) is 0 Å². The van der Waals surface area contributed by atoms with E-state index in [9.17, 15) is 4.79 Å². The molecule has 2 heteroatoms. The van der Waals surface area contributed by atoms with Crippen molar-refractivity contribution in [2.75, 3.05) is 0 Å². The highest BCUT2D eigenvalue weighted by Crippen LogP contribution is 2.77. The number of unbranched alkanes of at least 4 members (excludes halogenated alkanes) is 22. The summed E-state index contributed by atoms with van der Waals surface area (Å²) in [6.45, 7) is 25.0. The first-order valence-electron chi connectivity index (χ1n) is 26.6. The number of allylic oxidation sites excluding steroid dienone is 1. The largest absolute Gasteiger partial charge is 0.462 e. The molecule has 0 spiro atoms. The Morgan fingerprint density at radius 2 is 1.03 bits per heavy atom. The molecule has 0 aliphatic heterocycles. The second-order valence-corrected chi connectivity index (χ2v) is 23.7. The molecule has 0 radical (unpaired) electrons. The summed E-state index contributed by atoms with van der Waals surface area (Å²) < 4.78 is 6.46. The van der Waals surface area contributed by atoms with Crippen LogP contribution in [0.2, 0.25) is 0 Å². The molecule has 10 unspecified atom stereocenters. The van der Waals surface area contributed by atoms with Gasteiger partial charge in [0.15, 0.2) is 0 Å². The normalized spacial score (nSPS) is 36.4. The van der Waals surface area contributed by atoms with Gasteiger partial charge in [-0.1, -0.05) is 202 Å². The van der Waals surface area contributed by atoms with Crippen molar-refractivity contribution < 1.29 is 9.53 Å². The molecule has 0 aromatic heterocycles. The van der Waals surface area contributed by atoms with Crippen LogP contribution in [0.4, 0.5) is 0 Å². The molecular formula is C56H100O2. The molecule has 58 heavy (non-hydrogen) atoms. The molecule has 5 rings (SSSR count). The first-order chi connectivity index (χ1) is 27.7. The fourth-order valence-corrected chi connectivity index (χ4v) is 16.0. The minimum Gasteiger partial charge on any atom is -0.462 e. The topological polar surface area (TPSA) is 26.3 Å². The van der Waals surface area contributed by atoms with Crippen LogP contribution >= 0.6 is 0 Å². The molecule has 0 amide bonds. The summed E-state index contributed by atoms with van der Waals surface area (Å²) in [5.41, 5.74) is 3.17. The summed E-state index contributed by atoms with van der Waals surface area (Å²) in [4.78, 5) is 13.3. The number of esters is 1. The maximum Gasteiger partial charge on any atom is 0.306 e. The second kappa shape index (κ2) is 22.0. The average molecular weight is 805 g/mol. The summed E-state index contributed by atoms with van der Waals surface area (Å²) in [5.74, 6) is 3.89. The molecule has 0 aromatic carbocycles. The standard InChI is InChI=1S/C56H100O2/c1-10-11-12-13-14-15-16-17-18-19-20-21-22-23-24-25-26-27-28-29-30-31-32-33-50(57)58-49-38-40-54(7)47(52(49,4)5)37-41-56(9)48(54)35-34-46-51-45(44(2)3)36-39-53(51,6)42-43-55(46,56)8/h45-49,51H,2,10-43H2,1,3-9H3. The maximum absolute atomic E-state index is 13.3. The van der Waals surface area contributed by atoms with Crippen LogP contribution < -0.4 is 0 Å². The van der Waals surface area contributed by atoms with E-state index in [2.05, 4.69) is 62.0 Å². The van der Waals surface area contributed by atoms with E-state index in [1.165, 1.54) is 205 Å². The Balaban J connectivity index is 0.917. The molecule has 0 aromatic rings. The molecular weight excluding hydrogens is 705 g/mol. The van der Waals surface area contributed by atoms with Gasteiger partial charge < -0.3 is 4.74 Å². The van der Waals surface area contributed by atoms with Gasteiger partial charge in [0, 0.05) is 11.8 Å². The Labute approximate surface area is 362 Å². The fourth-order valence-electron chi connectivity index (χ4n) is 16.0. The molecule has 5 fully saturated rings. The summed E-state index contributed by atoms with van der Waals surface area (Å²) >= 11 is 0. The summed E-state index contributed by atoms with van der Waals surface area (Å²) in [5, 5.41) is 0. The third-order valence-electron chi connectivity index (χ3n) is 19.7. The Morgan fingerprint density at radius 3 is 1.53 bits per heavy atom. The monoisotopic (exact) mass is 805 g/mol. The number of carbonyl (C=O) groups is 1. The van der Waals surface area contributed by atoms with Gasteiger partial charge in [0.05, 0.1) is 0 Å². The lowest BCUT2D eigenvalue weighted by molar-refractivity contribution is -0.249. The van der Waals surface area contributed by atoms with E-state index in [4.69, 9.17) is 4.74 Å². The maximum atomic E-state index is 13.3. The van der Waals surface area contributed by atoms with E-state index in [0.717, 1.165) is 36.5 Å². The number of ether oxygens (including phenoxy) is 1. The average Bonchev–Trinajstić information content (AvgIpc) is 3.54. The number of rotatable bonds is 26. The van der Waals surface area contributed by atoms with Crippen LogP contribution in [0.15, 0.2) is 12.2 Å². The van der Waals surface area contributed by atoms with E-state index in [0.29, 0.717) is 34.0 Å². The molecule has 0 saturated heterocycles. The minimum atomic E-state index is 0.0375. The van der Waals surface area contributed by atoms with Gasteiger partial charge in [-0.15, -0.1) is 0 Å². The van der Waals surface area contributed by atoms with Crippen molar-refractivity contribution in [1.29, 1.82) is 0 Å². The number of carbonyl (C=O) groups excluding carboxylic acids is 1. The molecule has 5 aliphatic rings. The first-order valence-corrected chi connectivity index (χ1v) is 26.6. The van der Waals surface area contributed by atoms with Crippen LogP contribution in [0, 0.1) is 56.7 Å². The Morgan fingerprint density at radius 1 is 0.534 bits per heavy atom. The highest BCUT2D eigenvalue weighted by Gasteiger charge is 2.70. The van der Waals surface area contributed by atoms with Gasteiger partial charge in [-0.2, -0.15) is 0 Å². The van der Waals surface area contributed by atoms with Crippen LogP contribution in [0.3, 0.4) is 0 Å².